The smallest absolute Gasteiger partial charge is 0.119 e. The number of halogens is 1. The number of piperidine rings is 1. The fraction of sp³-hybridized carbons (Fsp3) is 0.476. The van der Waals surface area contributed by atoms with Crippen molar-refractivity contribution in [3.05, 3.63) is 65.3 Å². The normalized spacial score (nSPS) is 18.6. The molecular weight excluding hydrogens is 421 g/mol. The lowest BCUT2D eigenvalue weighted by Crippen LogP contribution is -2.44. The maximum absolute atomic E-state index is 4.82. The van der Waals surface area contributed by atoms with Gasteiger partial charge in [-0.2, -0.15) is 0 Å². The molecule has 1 fully saturated rings. The van der Waals surface area contributed by atoms with Crippen molar-refractivity contribution in [2.45, 2.75) is 45.1 Å². The van der Waals surface area contributed by atoms with Crippen molar-refractivity contribution >= 4 is 24.0 Å². The van der Waals surface area contributed by atoms with Crippen molar-refractivity contribution in [2.75, 3.05) is 19.6 Å². The highest BCUT2D eigenvalue weighted by Gasteiger charge is 2.43. The fourth-order valence-corrected chi connectivity index (χ4v) is 4.40. The first-order chi connectivity index (χ1) is 11.7. The van der Waals surface area contributed by atoms with Gasteiger partial charge in [0, 0.05) is 25.5 Å². The van der Waals surface area contributed by atoms with Crippen LogP contribution in [-0.2, 0) is 18.4 Å². The number of likely N-dealkylation sites (tertiary alicyclic amines) is 1. The molecule has 0 amide bonds. The Morgan fingerprint density at radius 2 is 1.92 bits per heavy atom. The summed E-state index contributed by atoms with van der Waals surface area (Å²) < 4.78 is 2.39. The number of hydrogen-bond donors (Lipinski definition) is 0. The van der Waals surface area contributed by atoms with Crippen LogP contribution in [-0.4, -0.2) is 34.1 Å². The van der Waals surface area contributed by atoms with Gasteiger partial charge in [-0.05, 0) is 57.3 Å². The van der Waals surface area contributed by atoms with Crippen LogP contribution in [0.25, 0.3) is 0 Å². The van der Waals surface area contributed by atoms with Crippen LogP contribution in [0, 0.1) is 0 Å². The molecular formula is C21H28IN3. The molecule has 4 heteroatoms. The van der Waals surface area contributed by atoms with Gasteiger partial charge in [-0.1, -0.05) is 35.9 Å². The molecule has 3 nitrogen and oxygen atoms in total. The molecule has 2 aromatic rings. The third kappa shape index (κ3) is 3.43. The molecule has 0 saturated carbocycles. The summed E-state index contributed by atoms with van der Waals surface area (Å²) in [5.41, 5.74) is 4.54. The molecule has 0 atom stereocenters. The van der Waals surface area contributed by atoms with Crippen LogP contribution in [0.4, 0.5) is 0 Å². The summed E-state index contributed by atoms with van der Waals surface area (Å²) in [6, 6.07) is 9.06. The minimum absolute atomic E-state index is 0. The van der Waals surface area contributed by atoms with Crippen LogP contribution in [0.3, 0.4) is 0 Å². The number of aromatic nitrogens is 2. The van der Waals surface area contributed by atoms with E-state index >= 15 is 0 Å². The average molecular weight is 449 g/mol. The Morgan fingerprint density at radius 3 is 2.68 bits per heavy atom. The first kappa shape index (κ1) is 18.6. The first-order valence-corrected chi connectivity index (χ1v) is 9.15. The first-order valence-electron chi connectivity index (χ1n) is 9.15. The lowest BCUT2D eigenvalue weighted by molar-refractivity contribution is 0.187. The van der Waals surface area contributed by atoms with E-state index in [0.29, 0.717) is 0 Å². The van der Waals surface area contributed by atoms with Gasteiger partial charge in [-0.3, -0.25) is 4.90 Å². The summed E-state index contributed by atoms with van der Waals surface area (Å²) in [7, 11) is 0. The Labute approximate surface area is 168 Å². The summed E-state index contributed by atoms with van der Waals surface area (Å²) in [6.45, 7) is 8.79. The van der Waals surface area contributed by atoms with E-state index in [9.17, 15) is 0 Å². The van der Waals surface area contributed by atoms with Crippen molar-refractivity contribution in [1.29, 1.82) is 0 Å². The van der Waals surface area contributed by atoms with E-state index in [1.54, 1.807) is 0 Å². The lowest BCUT2D eigenvalue weighted by atomic mass is 9.70. The minimum atomic E-state index is 0. The second-order valence-corrected chi connectivity index (χ2v) is 7.52. The highest BCUT2D eigenvalue weighted by molar-refractivity contribution is 14.0. The van der Waals surface area contributed by atoms with Crippen molar-refractivity contribution in [1.82, 2.24) is 14.5 Å². The molecule has 4 rings (SSSR count). The zero-order chi connectivity index (χ0) is 16.6. The summed E-state index contributed by atoms with van der Waals surface area (Å²) >= 11 is 0. The number of imidazole rings is 1. The van der Waals surface area contributed by atoms with Gasteiger partial charge >= 0.3 is 0 Å². The molecule has 3 heterocycles. The van der Waals surface area contributed by atoms with Crippen LogP contribution in [0.15, 0.2) is 48.3 Å². The molecule has 1 aromatic heterocycles. The maximum Gasteiger partial charge on any atom is 0.119 e. The monoisotopic (exact) mass is 449 g/mol. The Hall–Kier alpha value is -1.14. The minimum Gasteiger partial charge on any atom is -0.334 e. The molecule has 0 aliphatic carbocycles. The van der Waals surface area contributed by atoms with E-state index in [1.165, 1.54) is 22.5 Å². The third-order valence-electron chi connectivity index (χ3n) is 5.77. The van der Waals surface area contributed by atoms with Crippen molar-refractivity contribution in [3.8, 4) is 0 Å². The van der Waals surface area contributed by atoms with Crippen LogP contribution in [0.5, 0.6) is 0 Å². The van der Waals surface area contributed by atoms with E-state index in [2.05, 4.69) is 59.9 Å². The quantitative estimate of drug-likeness (QED) is 0.501. The van der Waals surface area contributed by atoms with Crippen LogP contribution >= 0.6 is 24.0 Å². The van der Waals surface area contributed by atoms with E-state index < -0.39 is 0 Å². The number of rotatable bonds is 2. The third-order valence-corrected chi connectivity index (χ3v) is 5.77. The highest BCUT2D eigenvalue weighted by Crippen LogP contribution is 2.44. The van der Waals surface area contributed by atoms with Gasteiger partial charge in [0.2, 0.25) is 0 Å². The zero-order valence-corrected chi connectivity index (χ0v) is 17.6. The fourth-order valence-electron chi connectivity index (χ4n) is 4.40. The Kier molecular flexibility index (Phi) is 5.68. The second-order valence-electron chi connectivity index (χ2n) is 7.52. The number of aryl methyl sites for hydroxylation is 2. The topological polar surface area (TPSA) is 21.1 Å². The summed E-state index contributed by atoms with van der Waals surface area (Å²) in [6.07, 6.45) is 9.94. The van der Waals surface area contributed by atoms with Gasteiger partial charge in [-0.15, -0.1) is 24.0 Å². The molecule has 1 aromatic carbocycles. The van der Waals surface area contributed by atoms with E-state index in [4.69, 9.17) is 4.98 Å². The Morgan fingerprint density at radius 1 is 1.16 bits per heavy atom. The van der Waals surface area contributed by atoms with Gasteiger partial charge in [0.15, 0.2) is 0 Å². The number of hydrogen-bond acceptors (Lipinski definition) is 2. The molecule has 1 saturated heterocycles. The molecule has 0 bridgehead atoms. The predicted molar refractivity (Wildman–Crippen MR) is 114 cm³/mol. The van der Waals surface area contributed by atoms with E-state index in [1.807, 2.05) is 6.20 Å². The Balaban J connectivity index is 0.00000182. The second kappa shape index (κ2) is 7.62. The molecule has 25 heavy (non-hydrogen) atoms. The summed E-state index contributed by atoms with van der Waals surface area (Å²) in [5.74, 6) is 1.29. The van der Waals surface area contributed by atoms with Gasteiger partial charge in [0.05, 0.1) is 5.41 Å². The standard InChI is InChI=1S/C21H27N3.HI/c1-17(2)7-12-23-14-9-21(10-15-23)19-6-4-3-5-18(19)8-13-24-16-11-22-20(21)24;/h3-7,11,16H,8-10,12-15H2,1-2H3;1H. The van der Waals surface area contributed by atoms with Crippen molar-refractivity contribution < 1.29 is 0 Å². The number of allylic oxidation sites excluding steroid dienone is 1. The average Bonchev–Trinajstić information content (AvgIpc) is 3.04. The molecule has 2 aliphatic rings. The van der Waals surface area contributed by atoms with Gasteiger partial charge in [0.25, 0.3) is 0 Å². The van der Waals surface area contributed by atoms with E-state index in [0.717, 1.165) is 45.4 Å². The number of nitrogens with zero attached hydrogens (tertiary/aromatic N) is 3. The molecule has 0 N–H and O–H groups in total. The van der Waals surface area contributed by atoms with Crippen LogP contribution in [0.2, 0.25) is 0 Å². The molecule has 0 unspecified atom stereocenters. The number of fused-ring (bicyclic) bond motifs is 4. The largest absolute Gasteiger partial charge is 0.334 e. The van der Waals surface area contributed by atoms with Gasteiger partial charge in [0.1, 0.15) is 5.82 Å². The highest BCUT2D eigenvalue weighted by atomic mass is 127. The van der Waals surface area contributed by atoms with Crippen LogP contribution in [0.1, 0.15) is 43.6 Å². The maximum atomic E-state index is 4.82. The number of benzene rings is 1. The van der Waals surface area contributed by atoms with Gasteiger partial charge < -0.3 is 4.57 Å². The van der Waals surface area contributed by atoms with Gasteiger partial charge in [-0.25, -0.2) is 4.98 Å². The zero-order valence-electron chi connectivity index (χ0n) is 15.2. The lowest BCUT2D eigenvalue weighted by Gasteiger charge is -2.41. The van der Waals surface area contributed by atoms with E-state index in [-0.39, 0.29) is 29.4 Å². The van der Waals surface area contributed by atoms with Crippen molar-refractivity contribution in [3.63, 3.8) is 0 Å². The SMILES string of the molecule is CC(C)=CCN1CCC2(CC1)c1ccccc1CCn1ccnc12.I. The summed E-state index contributed by atoms with van der Waals surface area (Å²) in [5, 5.41) is 0. The summed E-state index contributed by atoms with van der Waals surface area (Å²) in [4.78, 5) is 7.41. The predicted octanol–water partition coefficient (Wildman–Crippen LogP) is 4.41. The van der Waals surface area contributed by atoms with Crippen LogP contribution < -0.4 is 0 Å². The molecule has 2 aliphatic heterocycles. The molecule has 134 valence electrons. The molecule has 0 radical (unpaired) electrons. The van der Waals surface area contributed by atoms with Crippen molar-refractivity contribution in [2.24, 2.45) is 0 Å². The Bertz CT molecular complexity index is 750. The molecule has 1 spiro atoms.